The molecular formula is C18H22N4O3S2. The molecule has 1 aliphatic rings. The van der Waals surface area contributed by atoms with E-state index in [-0.39, 0.29) is 16.7 Å². The number of piperidine rings is 1. The van der Waals surface area contributed by atoms with Gasteiger partial charge in [0.05, 0.1) is 16.6 Å². The van der Waals surface area contributed by atoms with Crippen molar-refractivity contribution in [2.75, 3.05) is 18.4 Å². The number of sulfonamides is 1. The number of rotatable bonds is 5. The van der Waals surface area contributed by atoms with Crippen LogP contribution >= 0.6 is 11.3 Å². The smallest absolute Gasteiger partial charge is 0.282 e. The number of benzene rings is 1. The van der Waals surface area contributed by atoms with E-state index in [4.69, 9.17) is 0 Å². The number of aromatic nitrogens is 1. The second-order valence-electron chi connectivity index (χ2n) is 6.53. The second kappa shape index (κ2) is 8.28. The third-order valence-corrected chi connectivity index (χ3v) is 6.74. The molecule has 9 heteroatoms. The topological polar surface area (TPSA) is 101 Å². The molecule has 7 nitrogen and oxygen atoms in total. The summed E-state index contributed by atoms with van der Waals surface area (Å²) in [7, 11) is -3.77. The Kier molecular flexibility index (Phi) is 6.03. The molecule has 2 aromatic rings. The summed E-state index contributed by atoms with van der Waals surface area (Å²) >= 11 is 1.24. The second-order valence-corrected chi connectivity index (χ2v) is 9.02. The third-order valence-electron chi connectivity index (χ3n) is 4.59. The van der Waals surface area contributed by atoms with Crippen molar-refractivity contribution in [3.8, 4) is 0 Å². The predicted octanol–water partition coefficient (Wildman–Crippen LogP) is 2.85. The van der Waals surface area contributed by atoms with E-state index in [1.165, 1.54) is 29.7 Å². The maximum Gasteiger partial charge on any atom is 0.282 e. The van der Waals surface area contributed by atoms with Gasteiger partial charge in [-0.3, -0.25) is 9.78 Å². The molecule has 0 saturated carbocycles. The highest BCUT2D eigenvalue weighted by atomic mass is 32.2. The van der Waals surface area contributed by atoms with Gasteiger partial charge in [0.15, 0.2) is 0 Å². The van der Waals surface area contributed by atoms with Crippen LogP contribution in [0.1, 0.15) is 35.0 Å². The Hall–Kier alpha value is -2.10. The molecule has 0 atom stereocenters. The van der Waals surface area contributed by atoms with Gasteiger partial charge >= 0.3 is 0 Å². The Labute approximate surface area is 163 Å². The molecule has 1 saturated heterocycles. The van der Waals surface area contributed by atoms with Gasteiger partial charge in [-0.25, -0.2) is 0 Å². The van der Waals surface area contributed by atoms with E-state index in [9.17, 15) is 13.2 Å². The van der Waals surface area contributed by atoms with Crippen LogP contribution in [0.4, 0.5) is 5.69 Å². The number of nitrogens with one attached hydrogen (secondary N) is 2. The van der Waals surface area contributed by atoms with Crippen LogP contribution in [0, 0.1) is 12.8 Å². The number of carbonyl (C=O) groups excluding carboxylic acids is 1. The number of carbonyl (C=O) groups is 1. The minimum absolute atomic E-state index is 0.129. The van der Waals surface area contributed by atoms with E-state index in [1.807, 2.05) is 0 Å². The van der Waals surface area contributed by atoms with Gasteiger partial charge in [0.2, 0.25) is 0 Å². The monoisotopic (exact) mass is 406 g/mol. The first-order chi connectivity index (χ1) is 12.9. The molecule has 1 aromatic carbocycles. The van der Waals surface area contributed by atoms with Crippen LogP contribution in [0.2, 0.25) is 0 Å². The largest absolute Gasteiger partial charge is 0.321 e. The third kappa shape index (κ3) is 4.79. The van der Waals surface area contributed by atoms with Crippen molar-refractivity contribution in [2.45, 2.75) is 31.6 Å². The van der Waals surface area contributed by atoms with Gasteiger partial charge in [0, 0.05) is 17.3 Å². The number of thiazole rings is 1. The summed E-state index contributed by atoms with van der Waals surface area (Å²) in [4.78, 5) is 16.6. The average molecular weight is 407 g/mol. The predicted molar refractivity (Wildman–Crippen MR) is 107 cm³/mol. The lowest BCUT2D eigenvalue weighted by molar-refractivity contribution is 0.103. The number of hydrogen-bond donors (Lipinski definition) is 2. The Morgan fingerprint density at radius 2 is 2.07 bits per heavy atom. The summed E-state index contributed by atoms with van der Waals surface area (Å²) < 4.78 is 29.4. The molecule has 144 valence electrons. The fourth-order valence-corrected chi connectivity index (χ4v) is 4.72. The fourth-order valence-electron chi connectivity index (χ4n) is 3.01. The highest BCUT2D eigenvalue weighted by Crippen LogP contribution is 2.23. The molecule has 1 aromatic heterocycles. The first kappa shape index (κ1) is 19.7. The van der Waals surface area contributed by atoms with Crippen molar-refractivity contribution in [1.29, 1.82) is 0 Å². The standard InChI is InChI=1S/C18H22N4O3S2/c1-12-9-15(3-4-16(12)21-18(23)17-10-20-11-26-17)27(24,25)22-13(2)14-5-7-19-8-6-14/h3-4,9-11,14,19H,5-8H2,1-2H3,(H,21,23)/b22-13-. The number of anilines is 1. The summed E-state index contributed by atoms with van der Waals surface area (Å²) in [5, 5.41) is 6.04. The van der Waals surface area contributed by atoms with E-state index in [0.717, 1.165) is 25.9 Å². The number of nitrogens with zero attached hydrogens (tertiary/aromatic N) is 2. The minimum Gasteiger partial charge on any atom is -0.321 e. The molecule has 2 heterocycles. The Bertz CT molecular complexity index is 947. The zero-order valence-electron chi connectivity index (χ0n) is 15.2. The van der Waals surface area contributed by atoms with Crippen molar-refractivity contribution in [3.63, 3.8) is 0 Å². The van der Waals surface area contributed by atoms with Gasteiger partial charge in [0.1, 0.15) is 4.88 Å². The van der Waals surface area contributed by atoms with E-state index in [2.05, 4.69) is 20.0 Å². The van der Waals surface area contributed by atoms with Crippen LogP contribution in [-0.2, 0) is 10.0 Å². The lowest BCUT2D eigenvalue weighted by Crippen LogP contribution is -2.31. The molecule has 0 spiro atoms. The molecule has 0 unspecified atom stereocenters. The number of amides is 1. The quantitative estimate of drug-likeness (QED) is 0.744. The molecule has 1 aliphatic heterocycles. The van der Waals surface area contributed by atoms with Crippen LogP contribution in [0.15, 0.2) is 39.2 Å². The molecular weight excluding hydrogens is 384 g/mol. The van der Waals surface area contributed by atoms with Gasteiger partial charge in [-0.05, 0) is 63.5 Å². The summed E-state index contributed by atoms with van der Waals surface area (Å²) in [6, 6.07) is 4.61. The van der Waals surface area contributed by atoms with Crippen LogP contribution in [0.5, 0.6) is 0 Å². The van der Waals surface area contributed by atoms with Gasteiger partial charge in [-0.1, -0.05) is 0 Å². The summed E-state index contributed by atoms with van der Waals surface area (Å²) in [6.07, 6.45) is 3.28. The highest BCUT2D eigenvalue weighted by Gasteiger charge is 2.20. The Morgan fingerprint density at radius 3 is 2.70 bits per heavy atom. The van der Waals surface area contributed by atoms with Crippen LogP contribution in [0.3, 0.4) is 0 Å². The lowest BCUT2D eigenvalue weighted by Gasteiger charge is -2.22. The number of aryl methyl sites for hydroxylation is 1. The minimum atomic E-state index is -3.77. The van der Waals surface area contributed by atoms with E-state index < -0.39 is 10.0 Å². The first-order valence-corrected chi connectivity index (χ1v) is 11.0. The van der Waals surface area contributed by atoms with Crippen molar-refractivity contribution in [2.24, 2.45) is 10.3 Å². The van der Waals surface area contributed by atoms with Crippen LogP contribution in [-0.4, -0.2) is 38.1 Å². The first-order valence-electron chi connectivity index (χ1n) is 8.69. The molecule has 0 bridgehead atoms. The summed E-state index contributed by atoms with van der Waals surface area (Å²) in [5.74, 6) is -0.0731. The summed E-state index contributed by atoms with van der Waals surface area (Å²) in [6.45, 7) is 5.30. The molecule has 27 heavy (non-hydrogen) atoms. The van der Waals surface area contributed by atoms with Gasteiger partial charge in [0.25, 0.3) is 15.9 Å². The van der Waals surface area contributed by atoms with Crippen molar-refractivity contribution >= 4 is 38.7 Å². The van der Waals surface area contributed by atoms with E-state index in [1.54, 1.807) is 25.4 Å². The van der Waals surface area contributed by atoms with Crippen LogP contribution in [0.25, 0.3) is 0 Å². The Balaban J connectivity index is 1.78. The molecule has 1 amide bonds. The highest BCUT2D eigenvalue weighted by molar-refractivity contribution is 7.90. The number of hydrogen-bond acceptors (Lipinski definition) is 6. The van der Waals surface area contributed by atoms with Crippen LogP contribution < -0.4 is 10.6 Å². The molecule has 0 radical (unpaired) electrons. The van der Waals surface area contributed by atoms with Gasteiger partial charge < -0.3 is 10.6 Å². The van der Waals surface area contributed by atoms with E-state index >= 15 is 0 Å². The maximum absolute atomic E-state index is 12.7. The maximum atomic E-state index is 12.7. The van der Waals surface area contributed by atoms with Gasteiger partial charge in [-0.15, -0.1) is 11.3 Å². The van der Waals surface area contributed by atoms with Crippen molar-refractivity contribution in [1.82, 2.24) is 10.3 Å². The molecule has 1 fully saturated rings. The van der Waals surface area contributed by atoms with Crippen molar-refractivity contribution in [3.05, 3.63) is 40.3 Å². The van der Waals surface area contributed by atoms with Gasteiger partial charge in [-0.2, -0.15) is 12.8 Å². The average Bonchev–Trinajstić information content (AvgIpc) is 3.18. The normalized spacial score (nSPS) is 16.3. The fraction of sp³-hybridized carbons (Fsp3) is 0.389. The van der Waals surface area contributed by atoms with Crippen molar-refractivity contribution < 1.29 is 13.2 Å². The zero-order valence-corrected chi connectivity index (χ0v) is 16.9. The van der Waals surface area contributed by atoms with E-state index in [0.29, 0.717) is 21.8 Å². The Morgan fingerprint density at radius 1 is 1.33 bits per heavy atom. The lowest BCUT2D eigenvalue weighted by atomic mass is 9.94. The molecule has 3 rings (SSSR count). The molecule has 0 aliphatic carbocycles. The molecule has 2 N–H and O–H groups in total. The zero-order chi connectivity index (χ0) is 19.4. The SMILES string of the molecule is C/C(=N/S(=O)(=O)c1ccc(NC(=O)c2cncs2)c(C)c1)C1CCNCC1. The summed E-state index contributed by atoms with van der Waals surface area (Å²) in [5.41, 5.74) is 3.45.